The Hall–Kier alpha value is -3.68. The molecule has 1 aliphatic heterocycles. The smallest absolute Gasteiger partial charge is 0.271 e. The fourth-order valence-corrected chi connectivity index (χ4v) is 3.53. The number of ether oxygens (including phenoxy) is 1. The van der Waals surface area contributed by atoms with E-state index < -0.39 is 0 Å². The number of aromatic nitrogens is 3. The normalized spacial score (nSPS) is 14.4. The molecule has 8 nitrogen and oxygen atoms in total. The number of aromatic amines is 1. The largest absolute Gasteiger partial charge is 0.497 e. The predicted molar refractivity (Wildman–Crippen MR) is 112 cm³/mol. The van der Waals surface area contributed by atoms with Crippen LogP contribution < -0.4 is 10.1 Å². The van der Waals surface area contributed by atoms with Gasteiger partial charge in [-0.3, -0.25) is 19.7 Å². The summed E-state index contributed by atoms with van der Waals surface area (Å²) in [5.74, 6) is 0.494. The average molecular weight is 405 g/mol. The third-order valence-electron chi connectivity index (χ3n) is 5.28. The summed E-state index contributed by atoms with van der Waals surface area (Å²) in [6.45, 7) is 1.06. The molecule has 0 radical (unpaired) electrons. The Morgan fingerprint density at radius 2 is 1.93 bits per heavy atom. The van der Waals surface area contributed by atoms with Crippen LogP contribution in [0, 0.1) is 5.92 Å². The molecule has 3 heterocycles. The van der Waals surface area contributed by atoms with Gasteiger partial charge in [-0.05, 0) is 55.3 Å². The highest BCUT2D eigenvalue weighted by molar-refractivity contribution is 5.95. The van der Waals surface area contributed by atoms with Gasteiger partial charge >= 0.3 is 0 Å². The van der Waals surface area contributed by atoms with E-state index in [9.17, 15) is 9.59 Å². The molecule has 154 valence electrons. The average Bonchev–Trinajstić information content (AvgIpc) is 3.30. The van der Waals surface area contributed by atoms with Crippen molar-refractivity contribution in [2.45, 2.75) is 12.8 Å². The number of piperidine rings is 1. The molecule has 2 aromatic heterocycles. The number of hydrogen-bond donors (Lipinski definition) is 2. The number of nitrogens with one attached hydrogen (secondary N) is 2. The van der Waals surface area contributed by atoms with E-state index in [1.807, 2.05) is 24.3 Å². The fourth-order valence-electron chi connectivity index (χ4n) is 3.53. The quantitative estimate of drug-likeness (QED) is 0.680. The van der Waals surface area contributed by atoms with Gasteiger partial charge in [0, 0.05) is 42.7 Å². The van der Waals surface area contributed by atoms with Gasteiger partial charge in [0.1, 0.15) is 11.4 Å². The number of likely N-dealkylation sites (tertiary alicyclic amines) is 1. The molecule has 1 aromatic carbocycles. The third-order valence-corrected chi connectivity index (χ3v) is 5.28. The summed E-state index contributed by atoms with van der Waals surface area (Å²) in [4.78, 5) is 31.2. The number of pyridine rings is 1. The highest BCUT2D eigenvalue weighted by Gasteiger charge is 2.28. The van der Waals surface area contributed by atoms with E-state index in [0.29, 0.717) is 37.3 Å². The first-order valence-electron chi connectivity index (χ1n) is 9.84. The highest BCUT2D eigenvalue weighted by Crippen LogP contribution is 2.23. The van der Waals surface area contributed by atoms with Gasteiger partial charge in [-0.2, -0.15) is 5.10 Å². The Labute approximate surface area is 174 Å². The van der Waals surface area contributed by atoms with Crippen molar-refractivity contribution in [3.05, 3.63) is 60.6 Å². The number of amides is 2. The van der Waals surface area contributed by atoms with Crippen LogP contribution in [0.1, 0.15) is 23.3 Å². The van der Waals surface area contributed by atoms with Crippen LogP contribution >= 0.6 is 0 Å². The zero-order valence-electron chi connectivity index (χ0n) is 16.7. The van der Waals surface area contributed by atoms with Crippen LogP contribution in [0.3, 0.4) is 0 Å². The molecule has 0 aliphatic carbocycles. The Bertz CT molecular complexity index is 1010. The van der Waals surface area contributed by atoms with E-state index in [1.54, 1.807) is 42.6 Å². The summed E-state index contributed by atoms with van der Waals surface area (Å²) in [6.07, 6.45) is 4.64. The molecule has 0 spiro atoms. The molecule has 30 heavy (non-hydrogen) atoms. The highest BCUT2D eigenvalue weighted by atomic mass is 16.5. The van der Waals surface area contributed by atoms with E-state index in [0.717, 1.165) is 17.0 Å². The van der Waals surface area contributed by atoms with Gasteiger partial charge in [0.25, 0.3) is 5.91 Å². The molecule has 4 rings (SSSR count). The number of nitrogens with zero attached hydrogens (tertiary/aromatic N) is 3. The first-order chi connectivity index (χ1) is 14.6. The summed E-state index contributed by atoms with van der Waals surface area (Å²) < 4.78 is 5.13. The number of hydrogen-bond acceptors (Lipinski definition) is 5. The third kappa shape index (κ3) is 4.32. The minimum atomic E-state index is -0.121. The molecule has 2 N–H and O–H groups in total. The van der Waals surface area contributed by atoms with E-state index in [1.165, 1.54) is 0 Å². The predicted octanol–water partition coefficient (Wildman–Crippen LogP) is 2.97. The topological polar surface area (TPSA) is 100 Å². The van der Waals surface area contributed by atoms with Crippen LogP contribution in [0.15, 0.2) is 54.9 Å². The number of benzene rings is 1. The zero-order chi connectivity index (χ0) is 20.9. The molecular weight excluding hydrogens is 382 g/mol. The SMILES string of the molecule is COc1ccc(NC(=O)C2CCN(C(=O)c3cc(-c4cccnc4)n[nH]3)CC2)cc1. The van der Waals surface area contributed by atoms with E-state index in [2.05, 4.69) is 20.5 Å². The Morgan fingerprint density at radius 3 is 2.60 bits per heavy atom. The second-order valence-corrected chi connectivity index (χ2v) is 7.19. The standard InChI is InChI=1S/C22H23N5O3/c1-30-18-6-4-17(5-7-18)24-21(28)15-8-11-27(12-9-15)22(29)20-13-19(25-26-20)16-3-2-10-23-14-16/h2-7,10,13-15H,8-9,11-12H2,1H3,(H,24,28)(H,25,26). The number of carbonyl (C=O) groups excluding carboxylic acids is 2. The summed E-state index contributed by atoms with van der Waals surface area (Å²) in [7, 11) is 1.60. The molecule has 0 unspecified atom stereocenters. The fraction of sp³-hybridized carbons (Fsp3) is 0.273. The molecule has 8 heteroatoms. The van der Waals surface area contributed by atoms with Gasteiger partial charge in [0.05, 0.1) is 12.8 Å². The zero-order valence-corrected chi connectivity index (χ0v) is 16.7. The lowest BCUT2D eigenvalue weighted by Gasteiger charge is -2.31. The van der Waals surface area contributed by atoms with Crippen molar-refractivity contribution in [2.24, 2.45) is 5.92 Å². The summed E-state index contributed by atoms with van der Waals surface area (Å²) in [6, 6.07) is 12.7. The van der Waals surface area contributed by atoms with Crippen LogP contribution in [0.4, 0.5) is 5.69 Å². The molecular formula is C22H23N5O3. The maximum atomic E-state index is 12.8. The van der Waals surface area contributed by atoms with Crippen LogP contribution in [0.2, 0.25) is 0 Å². The summed E-state index contributed by atoms with van der Waals surface area (Å²) in [5, 5.41) is 9.98. The monoisotopic (exact) mass is 405 g/mol. The summed E-state index contributed by atoms with van der Waals surface area (Å²) >= 11 is 0. The lowest BCUT2D eigenvalue weighted by molar-refractivity contribution is -0.121. The van der Waals surface area contributed by atoms with Gasteiger partial charge in [-0.15, -0.1) is 0 Å². The van der Waals surface area contributed by atoms with Gasteiger partial charge < -0.3 is 15.0 Å². The van der Waals surface area contributed by atoms with Crippen molar-refractivity contribution in [3.8, 4) is 17.0 Å². The maximum Gasteiger partial charge on any atom is 0.271 e. The van der Waals surface area contributed by atoms with Gasteiger partial charge in [-0.1, -0.05) is 0 Å². The van der Waals surface area contributed by atoms with Gasteiger partial charge in [-0.25, -0.2) is 0 Å². The number of carbonyl (C=O) groups is 2. The van der Waals surface area contributed by atoms with Crippen molar-refractivity contribution < 1.29 is 14.3 Å². The molecule has 0 saturated carbocycles. The molecule has 1 fully saturated rings. The van der Waals surface area contributed by atoms with Crippen molar-refractivity contribution >= 4 is 17.5 Å². The van der Waals surface area contributed by atoms with E-state index >= 15 is 0 Å². The van der Waals surface area contributed by atoms with Crippen molar-refractivity contribution in [3.63, 3.8) is 0 Å². The minimum absolute atomic E-state index is 0.0207. The lowest BCUT2D eigenvalue weighted by atomic mass is 9.95. The molecule has 1 aliphatic rings. The Balaban J connectivity index is 1.32. The van der Waals surface area contributed by atoms with Gasteiger partial charge in [0.15, 0.2) is 0 Å². The van der Waals surface area contributed by atoms with Crippen molar-refractivity contribution in [2.75, 3.05) is 25.5 Å². The Kier molecular flexibility index (Phi) is 5.74. The van der Waals surface area contributed by atoms with Crippen LogP contribution in [0.5, 0.6) is 5.75 Å². The van der Waals surface area contributed by atoms with Crippen molar-refractivity contribution in [1.82, 2.24) is 20.1 Å². The lowest BCUT2D eigenvalue weighted by Crippen LogP contribution is -2.41. The molecule has 0 bridgehead atoms. The number of rotatable bonds is 5. The number of H-pyrrole nitrogens is 1. The van der Waals surface area contributed by atoms with Crippen LogP contribution in [-0.2, 0) is 4.79 Å². The summed E-state index contributed by atoms with van der Waals surface area (Å²) in [5.41, 5.74) is 2.71. The first-order valence-corrected chi connectivity index (χ1v) is 9.84. The molecule has 3 aromatic rings. The number of methoxy groups -OCH3 is 1. The Morgan fingerprint density at radius 1 is 1.17 bits per heavy atom. The molecule has 1 saturated heterocycles. The maximum absolute atomic E-state index is 12.8. The van der Waals surface area contributed by atoms with Crippen molar-refractivity contribution in [1.29, 1.82) is 0 Å². The van der Waals surface area contributed by atoms with E-state index in [4.69, 9.17) is 4.74 Å². The van der Waals surface area contributed by atoms with Crippen LogP contribution in [-0.4, -0.2) is 52.1 Å². The van der Waals surface area contributed by atoms with Gasteiger partial charge in [0.2, 0.25) is 5.91 Å². The minimum Gasteiger partial charge on any atom is -0.497 e. The molecule has 0 atom stereocenters. The molecule has 2 amide bonds. The first kappa shape index (κ1) is 19.6. The second kappa shape index (κ2) is 8.77. The van der Waals surface area contributed by atoms with E-state index in [-0.39, 0.29) is 17.7 Å². The number of anilines is 1. The van der Waals surface area contributed by atoms with Crippen LogP contribution in [0.25, 0.3) is 11.3 Å². The second-order valence-electron chi connectivity index (χ2n) is 7.19.